The van der Waals surface area contributed by atoms with Crippen LogP contribution in [0.2, 0.25) is 0 Å². The van der Waals surface area contributed by atoms with E-state index in [1.165, 1.54) is 30.7 Å². The number of nitrogens with zero attached hydrogens (tertiary/aromatic N) is 1. The predicted molar refractivity (Wildman–Crippen MR) is 105 cm³/mol. The van der Waals surface area contributed by atoms with Crippen LogP contribution in [0.25, 0.3) is 0 Å². The summed E-state index contributed by atoms with van der Waals surface area (Å²) >= 11 is -1.41. The Morgan fingerprint density at radius 2 is 1.62 bits per heavy atom. The molecule has 8 heteroatoms. The predicted octanol–water partition coefficient (Wildman–Crippen LogP) is 3.23. The Balaban J connectivity index is 0.00000338. The number of rotatable bonds is 9. The van der Waals surface area contributed by atoms with Gasteiger partial charge in [0.05, 0.1) is 30.6 Å². The molecule has 0 saturated heterocycles. The second kappa shape index (κ2) is 10.3. The monoisotopic (exact) mass is 399 g/mol. The minimum absolute atomic E-state index is 0. The summed E-state index contributed by atoms with van der Waals surface area (Å²) in [4.78, 5) is 0.171. The van der Waals surface area contributed by atoms with Gasteiger partial charge in [0.2, 0.25) is 0 Å². The summed E-state index contributed by atoms with van der Waals surface area (Å²) in [6, 6.07) is 15.1. The minimum atomic E-state index is -3.75. The molecule has 0 aliphatic heterocycles. The van der Waals surface area contributed by atoms with Gasteiger partial charge in [-0.1, -0.05) is 25.6 Å². The molecular formula is C18H25NO5S2. The van der Waals surface area contributed by atoms with E-state index in [4.69, 9.17) is 8.92 Å². The van der Waals surface area contributed by atoms with Crippen molar-refractivity contribution in [2.24, 2.45) is 0 Å². The van der Waals surface area contributed by atoms with Gasteiger partial charge < -0.3 is 4.74 Å². The van der Waals surface area contributed by atoms with E-state index < -0.39 is 21.1 Å². The summed E-state index contributed by atoms with van der Waals surface area (Å²) in [7, 11) is -0.862. The van der Waals surface area contributed by atoms with Crippen LogP contribution in [0.1, 0.15) is 13.8 Å². The highest BCUT2D eigenvalue weighted by Crippen LogP contribution is 2.25. The molecule has 2 aromatic rings. The molecule has 2 rings (SSSR count). The first kappa shape index (κ1) is 22.1. The lowest BCUT2D eigenvalue weighted by Crippen LogP contribution is -2.32. The fourth-order valence-electron chi connectivity index (χ4n) is 2.27. The summed E-state index contributed by atoms with van der Waals surface area (Å²) < 4.78 is 48.7. The van der Waals surface area contributed by atoms with Crippen LogP contribution in [-0.4, -0.2) is 39.1 Å². The summed E-state index contributed by atoms with van der Waals surface area (Å²) in [5, 5.41) is 0. The van der Waals surface area contributed by atoms with E-state index in [9.17, 15) is 12.6 Å². The van der Waals surface area contributed by atoms with Crippen molar-refractivity contribution in [3.05, 3.63) is 54.6 Å². The maximum absolute atomic E-state index is 13.1. The van der Waals surface area contributed by atoms with Crippen molar-refractivity contribution in [2.75, 3.05) is 30.8 Å². The van der Waals surface area contributed by atoms with Gasteiger partial charge in [0.15, 0.2) is 11.1 Å². The fourth-order valence-corrected chi connectivity index (χ4v) is 4.30. The molecule has 2 aromatic carbocycles. The normalized spacial score (nSPS) is 12.1. The van der Waals surface area contributed by atoms with Gasteiger partial charge in [-0.3, -0.25) is 8.49 Å². The van der Waals surface area contributed by atoms with Crippen LogP contribution in [-0.2, 0) is 25.3 Å². The third-order valence-electron chi connectivity index (χ3n) is 3.55. The third kappa shape index (κ3) is 5.55. The number of para-hydroxylation sites is 1. The Kier molecular flexibility index (Phi) is 8.77. The Morgan fingerprint density at radius 1 is 1.00 bits per heavy atom. The topological polar surface area (TPSA) is 72.9 Å². The molecule has 0 radical (unpaired) electrons. The minimum Gasteiger partial charge on any atom is -0.497 e. The molecule has 26 heavy (non-hydrogen) atoms. The van der Waals surface area contributed by atoms with Gasteiger partial charge in [-0.05, 0) is 42.8 Å². The van der Waals surface area contributed by atoms with Crippen LogP contribution >= 0.6 is 0 Å². The molecule has 0 bridgehead atoms. The molecule has 1 unspecified atom stereocenters. The smallest absolute Gasteiger partial charge is 0.264 e. The number of benzene rings is 2. The lowest BCUT2D eigenvalue weighted by Gasteiger charge is -2.24. The molecule has 0 N–H and O–H groups in total. The molecule has 144 valence electrons. The lowest BCUT2D eigenvalue weighted by atomic mass is 10.3. The first-order valence-electron chi connectivity index (χ1n) is 7.63. The number of hydrogen-bond acceptors (Lipinski definition) is 5. The van der Waals surface area contributed by atoms with Crippen molar-refractivity contribution in [3.63, 3.8) is 0 Å². The zero-order valence-electron chi connectivity index (χ0n) is 14.1. The van der Waals surface area contributed by atoms with Gasteiger partial charge in [-0.15, -0.1) is 0 Å². The summed E-state index contributed by atoms with van der Waals surface area (Å²) in [6.45, 7) is 0.202. The Bertz CT molecular complexity index is 792. The van der Waals surface area contributed by atoms with Crippen molar-refractivity contribution in [2.45, 2.75) is 18.7 Å². The molecule has 0 fully saturated rings. The first-order valence-corrected chi connectivity index (χ1v) is 10.3. The van der Waals surface area contributed by atoms with Gasteiger partial charge in [0, 0.05) is 6.54 Å². The van der Waals surface area contributed by atoms with E-state index in [1.807, 2.05) is 6.07 Å². The maximum atomic E-state index is 13.1. The number of sulfonamides is 1. The zero-order chi connectivity index (χ0) is 18.3. The molecule has 0 spiro atoms. The molecule has 0 saturated carbocycles. The molecule has 0 aromatic heterocycles. The van der Waals surface area contributed by atoms with Gasteiger partial charge in [-0.2, -0.15) is 0 Å². The van der Waals surface area contributed by atoms with Crippen LogP contribution in [0.15, 0.2) is 59.5 Å². The van der Waals surface area contributed by atoms with Crippen molar-refractivity contribution in [1.29, 1.82) is 0 Å². The van der Waals surface area contributed by atoms with Crippen molar-refractivity contribution < 1.29 is 21.5 Å². The average Bonchev–Trinajstić information content (AvgIpc) is 2.65. The van der Waals surface area contributed by atoms with Gasteiger partial charge in [0.1, 0.15) is 5.75 Å². The first-order chi connectivity index (χ1) is 12.0. The molecule has 0 aliphatic rings. The van der Waals surface area contributed by atoms with Crippen LogP contribution in [0.3, 0.4) is 0 Å². The fraction of sp³-hybridized carbons (Fsp3) is 0.333. The molecule has 0 aliphatic carbocycles. The lowest BCUT2D eigenvalue weighted by molar-refractivity contribution is 0.414. The van der Waals surface area contributed by atoms with E-state index in [1.54, 1.807) is 36.4 Å². The molecule has 0 heterocycles. The summed E-state index contributed by atoms with van der Waals surface area (Å²) in [5.74, 6) is 0.846. The maximum Gasteiger partial charge on any atom is 0.264 e. The van der Waals surface area contributed by atoms with Gasteiger partial charge >= 0.3 is 0 Å². The van der Waals surface area contributed by atoms with Gasteiger partial charge in [0.25, 0.3) is 10.0 Å². The van der Waals surface area contributed by atoms with Crippen molar-refractivity contribution in [1.82, 2.24) is 0 Å². The van der Waals surface area contributed by atoms with E-state index in [-0.39, 0.29) is 24.6 Å². The van der Waals surface area contributed by atoms with E-state index in [2.05, 4.69) is 0 Å². The molecule has 6 nitrogen and oxygen atoms in total. The van der Waals surface area contributed by atoms with E-state index >= 15 is 0 Å². The second-order valence-corrected chi connectivity index (χ2v) is 8.33. The van der Waals surface area contributed by atoms with E-state index in [0.717, 1.165) is 0 Å². The molecule has 1 atom stereocenters. The highest BCUT2D eigenvalue weighted by molar-refractivity contribution is 7.92. The number of anilines is 1. The number of ether oxygens (including phenoxy) is 1. The quantitative estimate of drug-likeness (QED) is 0.647. The zero-order valence-corrected chi connectivity index (χ0v) is 15.8. The van der Waals surface area contributed by atoms with Gasteiger partial charge in [-0.25, -0.2) is 12.6 Å². The summed E-state index contributed by atoms with van der Waals surface area (Å²) in [6.07, 6.45) is 0.407. The Labute approximate surface area is 158 Å². The summed E-state index contributed by atoms with van der Waals surface area (Å²) in [5.41, 5.74) is 0.557. The van der Waals surface area contributed by atoms with Crippen molar-refractivity contribution >= 4 is 26.8 Å². The Morgan fingerprint density at radius 3 is 2.15 bits per heavy atom. The number of hydrogen-bond donors (Lipinski definition) is 0. The van der Waals surface area contributed by atoms with Crippen LogP contribution in [0, 0.1) is 0 Å². The van der Waals surface area contributed by atoms with Crippen molar-refractivity contribution in [3.8, 4) is 5.75 Å². The highest BCUT2D eigenvalue weighted by atomic mass is 32.2. The van der Waals surface area contributed by atoms with Crippen LogP contribution in [0.4, 0.5) is 5.69 Å². The standard InChI is InChI=1S/C17H21NO5S2.CH4/c1-22-16-9-11-17(12-10-16)25(20,21)18(13-6-14-24(19)23-2)15-7-4-3-5-8-15;/h3-5,7-12H,6,13-14H2,1-2H3;1H4. The van der Waals surface area contributed by atoms with Crippen LogP contribution < -0.4 is 9.04 Å². The Hall–Kier alpha value is -1.90. The largest absolute Gasteiger partial charge is 0.497 e. The SMILES string of the molecule is C.COc1ccc(S(=O)(=O)N(CCCS(=O)OC)c2ccccc2)cc1. The second-order valence-electron chi connectivity index (χ2n) is 5.12. The third-order valence-corrected chi connectivity index (χ3v) is 6.39. The van der Waals surface area contributed by atoms with Crippen LogP contribution in [0.5, 0.6) is 5.75 Å². The van der Waals surface area contributed by atoms with E-state index in [0.29, 0.717) is 17.9 Å². The molecular weight excluding hydrogens is 374 g/mol. The molecule has 0 amide bonds. The highest BCUT2D eigenvalue weighted by Gasteiger charge is 2.24. The number of methoxy groups -OCH3 is 1. The average molecular weight is 400 g/mol.